The molecule has 3 rings (SSSR count). The van der Waals surface area contributed by atoms with Crippen molar-refractivity contribution in [3.63, 3.8) is 0 Å². The van der Waals surface area contributed by atoms with E-state index in [0.29, 0.717) is 19.7 Å². The summed E-state index contributed by atoms with van der Waals surface area (Å²) >= 11 is 0. The molecule has 0 atom stereocenters. The summed E-state index contributed by atoms with van der Waals surface area (Å²) in [5.41, 5.74) is 5.05. The van der Waals surface area contributed by atoms with E-state index in [4.69, 9.17) is 4.74 Å². The largest absolute Gasteiger partial charge is 0.492 e. The van der Waals surface area contributed by atoms with Crippen LogP contribution in [0.5, 0.6) is 5.75 Å². The minimum Gasteiger partial charge on any atom is -0.492 e. The Hall–Kier alpha value is -2.49. The minimum absolute atomic E-state index is 0.0202. The number of ether oxygens (including phenoxy) is 1. The van der Waals surface area contributed by atoms with Gasteiger partial charge in [-0.15, -0.1) is 0 Å². The van der Waals surface area contributed by atoms with E-state index >= 15 is 0 Å². The Balaban J connectivity index is 1.44. The zero-order valence-electron chi connectivity index (χ0n) is 14.3. The molecule has 2 amide bonds. The van der Waals surface area contributed by atoms with Crippen LogP contribution >= 0.6 is 0 Å². The van der Waals surface area contributed by atoms with Gasteiger partial charge in [-0.25, -0.2) is 4.79 Å². The highest BCUT2D eigenvalue weighted by Crippen LogP contribution is 2.18. The first-order valence-corrected chi connectivity index (χ1v) is 8.43. The van der Waals surface area contributed by atoms with Crippen molar-refractivity contribution in [2.24, 2.45) is 0 Å². The third kappa shape index (κ3) is 3.88. The van der Waals surface area contributed by atoms with Crippen LogP contribution in [0.1, 0.15) is 22.3 Å². The molecule has 0 unspecified atom stereocenters. The molecule has 0 aromatic heterocycles. The second-order valence-corrected chi connectivity index (χ2v) is 6.27. The molecule has 1 aliphatic rings. The quantitative estimate of drug-likeness (QED) is 0.875. The fourth-order valence-corrected chi connectivity index (χ4v) is 2.91. The topological polar surface area (TPSA) is 41.6 Å². The minimum atomic E-state index is -0.0202. The number of amides is 2. The van der Waals surface area contributed by atoms with Gasteiger partial charge in [-0.3, -0.25) is 0 Å². The fourth-order valence-electron chi connectivity index (χ4n) is 2.91. The van der Waals surface area contributed by atoms with Crippen molar-refractivity contribution in [1.29, 1.82) is 0 Å². The van der Waals surface area contributed by atoms with Gasteiger partial charge < -0.3 is 15.0 Å². The molecule has 1 heterocycles. The summed E-state index contributed by atoms with van der Waals surface area (Å²) in [4.78, 5) is 14.1. The molecule has 24 heavy (non-hydrogen) atoms. The predicted molar refractivity (Wildman–Crippen MR) is 95.4 cm³/mol. The molecule has 126 valence electrons. The Bertz CT molecular complexity index is 727. The van der Waals surface area contributed by atoms with Crippen molar-refractivity contribution >= 4 is 6.03 Å². The molecular weight excluding hydrogens is 300 g/mol. The molecule has 4 heteroatoms. The molecule has 0 bridgehead atoms. The normalized spacial score (nSPS) is 13.3. The second kappa shape index (κ2) is 7.39. The van der Waals surface area contributed by atoms with Gasteiger partial charge in [0, 0.05) is 13.1 Å². The summed E-state index contributed by atoms with van der Waals surface area (Å²) in [5, 5.41) is 2.94. The molecule has 0 radical (unpaired) electrons. The third-order valence-corrected chi connectivity index (χ3v) is 4.54. The smallest absolute Gasteiger partial charge is 0.317 e. The van der Waals surface area contributed by atoms with Gasteiger partial charge in [0.25, 0.3) is 0 Å². The van der Waals surface area contributed by atoms with Gasteiger partial charge in [-0.1, -0.05) is 30.3 Å². The van der Waals surface area contributed by atoms with Crippen LogP contribution in [0.3, 0.4) is 0 Å². The molecule has 2 aromatic carbocycles. The molecule has 0 spiro atoms. The molecular formula is C20H24N2O2. The number of nitrogens with zero attached hydrogens (tertiary/aromatic N) is 1. The molecule has 4 nitrogen and oxygen atoms in total. The summed E-state index contributed by atoms with van der Waals surface area (Å²) in [6.07, 6.45) is 0.919. The predicted octanol–water partition coefficient (Wildman–Crippen LogP) is 3.45. The first-order valence-electron chi connectivity index (χ1n) is 8.43. The van der Waals surface area contributed by atoms with Crippen LogP contribution in [0.15, 0.2) is 42.5 Å². The molecule has 0 saturated heterocycles. The van der Waals surface area contributed by atoms with Gasteiger partial charge >= 0.3 is 6.03 Å². The highest BCUT2D eigenvalue weighted by atomic mass is 16.5. The van der Waals surface area contributed by atoms with E-state index in [9.17, 15) is 4.79 Å². The van der Waals surface area contributed by atoms with Crippen molar-refractivity contribution in [3.05, 3.63) is 64.7 Å². The lowest BCUT2D eigenvalue weighted by Crippen LogP contribution is -2.43. The number of carbonyl (C=O) groups excluding carboxylic acids is 1. The molecule has 0 saturated carbocycles. The lowest BCUT2D eigenvalue weighted by molar-refractivity contribution is 0.189. The van der Waals surface area contributed by atoms with Gasteiger partial charge in [0.05, 0.1) is 6.54 Å². The van der Waals surface area contributed by atoms with Crippen LogP contribution in [0.25, 0.3) is 0 Å². The number of urea groups is 1. The van der Waals surface area contributed by atoms with Crippen molar-refractivity contribution in [2.45, 2.75) is 26.8 Å². The van der Waals surface area contributed by atoms with Crippen LogP contribution in [0.4, 0.5) is 4.79 Å². The summed E-state index contributed by atoms with van der Waals surface area (Å²) in [6, 6.07) is 14.3. The van der Waals surface area contributed by atoms with Crippen molar-refractivity contribution in [3.8, 4) is 5.75 Å². The number of aryl methyl sites for hydroxylation is 2. The maximum Gasteiger partial charge on any atom is 0.317 e. The van der Waals surface area contributed by atoms with E-state index in [1.165, 1.54) is 22.3 Å². The van der Waals surface area contributed by atoms with E-state index in [1.54, 1.807) is 0 Å². The Kier molecular flexibility index (Phi) is 5.04. The highest BCUT2D eigenvalue weighted by Gasteiger charge is 2.19. The number of benzene rings is 2. The lowest BCUT2D eigenvalue weighted by atomic mass is 10.0. The highest BCUT2D eigenvalue weighted by molar-refractivity contribution is 5.74. The van der Waals surface area contributed by atoms with Gasteiger partial charge in [-0.05, 0) is 54.7 Å². The summed E-state index contributed by atoms with van der Waals surface area (Å²) in [6.45, 7) is 6.57. The number of nitrogens with one attached hydrogen (secondary N) is 1. The summed E-state index contributed by atoms with van der Waals surface area (Å²) in [5.74, 6) is 0.847. The third-order valence-electron chi connectivity index (χ3n) is 4.54. The number of hydrogen-bond acceptors (Lipinski definition) is 2. The maximum atomic E-state index is 12.3. The van der Waals surface area contributed by atoms with Crippen molar-refractivity contribution < 1.29 is 9.53 Å². The van der Waals surface area contributed by atoms with Crippen LogP contribution in [-0.2, 0) is 13.0 Å². The standard InChI is InChI=1S/C20H24N2O2/c1-15-7-8-19(13-16(15)2)24-12-10-21-20(23)22-11-9-17-5-3-4-6-18(17)14-22/h3-8,13H,9-12,14H2,1-2H3,(H,21,23). The Morgan fingerprint density at radius 2 is 1.92 bits per heavy atom. The van der Waals surface area contributed by atoms with Crippen LogP contribution in [0, 0.1) is 13.8 Å². The Morgan fingerprint density at radius 3 is 2.71 bits per heavy atom. The van der Waals surface area contributed by atoms with E-state index in [0.717, 1.165) is 18.7 Å². The van der Waals surface area contributed by atoms with Gasteiger partial charge in [0.15, 0.2) is 0 Å². The molecule has 0 fully saturated rings. The first kappa shape index (κ1) is 16.4. The van der Waals surface area contributed by atoms with E-state index < -0.39 is 0 Å². The Labute approximate surface area is 143 Å². The number of rotatable bonds is 4. The van der Waals surface area contributed by atoms with Crippen LogP contribution in [-0.4, -0.2) is 30.6 Å². The van der Waals surface area contributed by atoms with Gasteiger partial charge in [-0.2, -0.15) is 0 Å². The van der Waals surface area contributed by atoms with Crippen LogP contribution < -0.4 is 10.1 Å². The van der Waals surface area contributed by atoms with Gasteiger partial charge in [0.2, 0.25) is 0 Å². The van der Waals surface area contributed by atoms with Gasteiger partial charge in [0.1, 0.15) is 12.4 Å². The number of hydrogen-bond donors (Lipinski definition) is 1. The fraction of sp³-hybridized carbons (Fsp3) is 0.350. The molecule has 2 aromatic rings. The van der Waals surface area contributed by atoms with E-state index in [1.807, 2.05) is 23.1 Å². The molecule has 0 aliphatic carbocycles. The SMILES string of the molecule is Cc1ccc(OCCNC(=O)N2CCc3ccccc3C2)cc1C. The second-order valence-electron chi connectivity index (χ2n) is 6.27. The average Bonchev–Trinajstić information content (AvgIpc) is 2.61. The number of fused-ring (bicyclic) bond motifs is 1. The maximum absolute atomic E-state index is 12.3. The molecule has 1 N–H and O–H groups in total. The lowest BCUT2D eigenvalue weighted by Gasteiger charge is -2.28. The van der Waals surface area contributed by atoms with Crippen molar-refractivity contribution in [1.82, 2.24) is 10.2 Å². The zero-order valence-corrected chi connectivity index (χ0v) is 14.3. The van der Waals surface area contributed by atoms with E-state index in [2.05, 4.69) is 43.4 Å². The van der Waals surface area contributed by atoms with Crippen LogP contribution in [0.2, 0.25) is 0 Å². The Morgan fingerprint density at radius 1 is 1.12 bits per heavy atom. The monoisotopic (exact) mass is 324 g/mol. The summed E-state index contributed by atoms with van der Waals surface area (Å²) in [7, 11) is 0. The van der Waals surface area contributed by atoms with Crippen molar-refractivity contribution in [2.75, 3.05) is 19.7 Å². The zero-order chi connectivity index (χ0) is 16.9. The summed E-state index contributed by atoms with van der Waals surface area (Å²) < 4.78 is 5.70. The first-order chi connectivity index (χ1) is 11.6. The number of carbonyl (C=O) groups is 1. The molecule has 1 aliphatic heterocycles. The average molecular weight is 324 g/mol. The van der Waals surface area contributed by atoms with E-state index in [-0.39, 0.29) is 6.03 Å².